The molecule has 6 nitrogen and oxygen atoms in total. The standard InChI is InChI=1S/C25H28N2O4S/c1-17-11-12-20(31-17)18(2)26-25(29)24-21(15-22(32-24)19-9-5-3-6-10-19)30-16-23(28)27-13-7-4-8-14-27/h3,5-6,9-12,15,18H,4,7-8,13-14,16H2,1-2H3,(H,26,29). The molecule has 0 bridgehead atoms. The van der Waals surface area contributed by atoms with Crippen molar-refractivity contribution >= 4 is 23.2 Å². The van der Waals surface area contributed by atoms with E-state index in [-0.39, 0.29) is 24.5 Å². The summed E-state index contributed by atoms with van der Waals surface area (Å²) in [6.07, 6.45) is 3.22. The number of aryl methyl sites for hydroxylation is 1. The van der Waals surface area contributed by atoms with Gasteiger partial charge in [-0.25, -0.2) is 0 Å². The fourth-order valence-electron chi connectivity index (χ4n) is 3.78. The van der Waals surface area contributed by atoms with Crippen molar-refractivity contribution in [3.8, 4) is 16.2 Å². The van der Waals surface area contributed by atoms with Gasteiger partial charge in [-0.05, 0) is 56.9 Å². The maximum absolute atomic E-state index is 13.1. The van der Waals surface area contributed by atoms with Crippen LogP contribution in [0.25, 0.3) is 10.4 Å². The lowest BCUT2D eigenvalue weighted by molar-refractivity contribution is -0.134. The molecular formula is C25H28N2O4S. The number of ether oxygens (including phenoxy) is 1. The number of likely N-dealkylation sites (tertiary alicyclic amines) is 1. The van der Waals surface area contributed by atoms with E-state index in [0.717, 1.165) is 48.6 Å². The average Bonchev–Trinajstić information content (AvgIpc) is 3.45. The van der Waals surface area contributed by atoms with Gasteiger partial charge in [-0.1, -0.05) is 30.3 Å². The Morgan fingerprint density at radius 1 is 1.12 bits per heavy atom. The van der Waals surface area contributed by atoms with Gasteiger partial charge in [-0.3, -0.25) is 9.59 Å². The quantitative estimate of drug-likeness (QED) is 0.535. The topological polar surface area (TPSA) is 71.8 Å². The highest BCUT2D eigenvalue weighted by Crippen LogP contribution is 2.36. The fraction of sp³-hybridized carbons (Fsp3) is 0.360. The lowest BCUT2D eigenvalue weighted by atomic mass is 10.1. The van der Waals surface area contributed by atoms with E-state index in [9.17, 15) is 9.59 Å². The molecule has 168 valence electrons. The molecular weight excluding hydrogens is 424 g/mol. The third-order valence-electron chi connectivity index (χ3n) is 5.56. The number of thiophene rings is 1. The summed E-state index contributed by atoms with van der Waals surface area (Å²) in [5.41, 5.74) is 0.999. The predicted octanol–water partition coefficient (Wildman–Crippen LogP) is 5.20. The van der Waals surface area contributed by atoms with Crippen LogP contribution in [0, 0.1) is 6.92 Å². The molecule has 0 aliphatic carbocycles. The molecule has 0 spiro atoms. The van der Waals surface area contributed by atoms with Crippen LogP contribution < -0.4 is 10.1 Å². The summed E-state index contributed by atoms with van der Waals surface area (Å²) in [4.78, 5) is 28.9. The highest BCUT2D eigenvalue weighted by molar-refractivity contribution is 7.17. The van der Waals surface area contributed by atoms with Gasteiger partial charge in [0.05, 0.1) is 6.04 Å². The molecule has 1 fully saturated rings. The van der Waals surface area contributed by atoms with Crippen LogP contribution in [0.3, 0.4) is 0 Å². The van der Waals surface area contributed by atoms with Crippen molar-refractivity contribution < 1.29 is 18.7 Å². The van der Waals surface area contributed by atoms with E-state index < -0.39 is 0 Å². The smallest absolute Gasteiger partial charge is 0.265 e. The minimum atomic E-state index is -0.290. The number of rotatable bonds is 7. The molecule has 32 heavy (non-hydrogen) atoms. The van der Waals surface area contributed by atoms with E-state index in [1.807, 2.05) is 67.3 Å². The third kappa shape index (κ3) is 5.22. The number of carbonyl (C=O) groups is 2. The second-order valence-electron chi connectivity index (χ2n) is 8.04. The molecule has 1 N–H and O–H groups in total. The number of amides is 2. The molecule has 1 aliphatic rings. The van der Waals surface area contributed by atoms with E-state index >= 15 is 0 Å². The maximum Gasteiger partial charge on any atom is 0.265 e. The summed E-state index contributed by atoms with van der Waals surface area (Å²) in [7, 11) is 0. The van der Waals surface area contributed by atoms with Gasteiger partial charge in [-0.2, -0.15) is 0 Å². The van der Waals surface area contributed by atoms with Crippen LogP contribution in [0.5, 0.6) is 5.75 Å². The molecule has 3 heterocycles. The van der Waals surface area contributed by atoms with Gasteiger partial charge in [0, 0.05) is 18.0 Å². The Bertz CT molecular complexity index is 1070. The van der Waals surface area contributed by atoms with Crippen LogP contribution in [0.4, 0.5) is 0 Å². The molecule has 3 aromatic rings. The van der Waals surface area contributed by atoms with Gasteiger partial charge < -0.3 is 19.4 Å². The van der Waals surface area contributed by atoms with Gasteiger partial charge in [-0.15, -0.1) is 11.3 Å². The molecule has 4 rings (SSSR count). The van der Waals surface area contributed by atoms with E-state index in [0.29, 0.717) is 16.4 Å². The van der Waals surface area contributed by atoms with Crippen LogP contribution >= 0.6 is 11.3 Å². The van der Waals surface area contributed by atoms with Crippen LogP contribution in [0.15, 0.2) is 52.9 Å². The van der Waals surface area contributed by atoms with E-state index in [1.54, 1.807) is 0 Å². The molecule has 1 aliphatic heterocycles. The first-order valence-corrected chi connectivity index (χ1v) is 11.8. The molecule has 2 aromatic heterocycles. The van der Waals surface area contributed by atoms with E-state index in [4.69, 9.17) is 9.15 Å². The van der Waals surface area contributed by atoms with Crippen molar-refractivity contribution in [3.05, 3.63) is 64.9 Å². The average molecular weight is 453 g/mol. The molecule has 2 amide bonds. The van der Waals surface area contributed by atoms with Crippen LogP contribution in [0.2, 0.25) is 0 Å². The molecule has 7 heteroatoms. The van der Waals surface area contributed by atoms with Crippen molar-refractivity contribution in [1.29, 1.82) is 0 Å². The second kappa shape index (κ2) is 10.0. The van der Waals surface area contributed by atoms with Gasteiger partial charge in [0.25, 0.3) is 11.8 Å². The van der Waals surface area contributed by atoms with Crippen LogP contribution in [0.1, 0.15) is 53.4 Å². The summed E-state index contributed by atoms with van der Waals surface area (Å²) in [5, 5.41) is 2.98. The zero-order valence-corrected chi connectivity index (χ0v) is 19.2. The Labute approximate surface area is 192 Å². The molecule has 1 unspecified atom stereocenters. The van der Waals surface area contributed by atoms with E-state index in [2.05, 4.69) is 5.32 Å². The van der Waals surface area contributed by atoms with Gasteiger partial charge in [0.2, 0.25) is 0 Å². The third-order valence-corrected chi connectivity index (χ3v) is 6.72. The van der Waals surface area contributed by atoms with Crippen molar-refractivity contribution in [3.63, 3.8) is 0 Å². The molecule has 1 aromatic carbocycles. The van der Waals surface area contributed by atoms with Crippen molar-refractivity contribution in [2.24, 2.45) is 0 Å². The second-order valence-corrected chi connectivity index (χ2v) is 9.10. The molecule has 0 saturated carbocycles. The zero-order valence-electron chi connectivity index (χ0n) is 18.4. The minimum Gasteiger partial charge on any atom is -0.482 e. The molecule has 0 radical (unpaired) electrons. The van der Waals surface area contributed by atoms with Gasteiger partial charge in [0.1, 0.15) is 22.1 Å². The number of furan rings is 1. The monoisotopic (exact) mass is 452 g/mol. The largest absolute Gasteiger partial charge is 0.482 e. The summed E-state index contributed by atoms with van der Waals surface area (Å²) >= 11 is 1.36. The first-order chi connectivity index (χ1) is 15.5. The molecule has 1 atom stereocenters. The zero-order chi connectivity index (χ0) is 22.5. The van der Waals surface area contributed by atoms with Crippen molar-refractivity contribution in [2.45, 2.75) is 39.2 Å². The Balaban J connectivity index is 1.53. The Hall–Kier alpha value is -3.06. The normalized spacial score (nSPS) is 14.8. The number of carbonyl (C=O) groups excluding carboxylic acids is 2. The van der Waals surface area contributed by atoms with Crippen molar-refractivity contribution in [1.82, 2.24) is 10.2 Å². The van der Waals surface area contributed by atoms with Crippen molar-refractivity contribution in [2.75, 3.05) is 19.7 Å². The first-order valence-electron chi connectivity index (χ1n) is 11.0. The first kappa shape index (κ1) is 22.1. The lowest BCUT2D eigenvalue weighted by Crippen LogP contribution is -2.38. The number of hydrogen-bond acceptors (Lipinski definition) is 5. The Morgan fingerprint density at radius 2 is 1.88 bits per heavy atom. The SMILES string of the molecule is Cc1ccc(C(C)NC(=O)c2sc(-c3ccccc3)cc2OCC(=O)N2CCCCC2)o1. The minimum absolute atomic E-state index is 0.0389. The fourth-order valence-corrected chi connectivity index (χ4v) is 4.79. The number of nitrogens with one attached hydrogen (secondary N) is 1. The van der Waals surface area contributed by atoms with Gasteiger partial charge in [0.15, 0.2) is 6.61 Å². The van der Waals surface area contributed by atoms with Crippen LogP contribution in [-0.2, 0) is 4.79 Å². The number of benzene rings is 1. The number of nitrogens with zero attached hydrogens (tertiary/aromatic N) is 1. The number of hydrogen-bond donors (Lipinski definition) is 1. The van der Waals surface area contributed by atoms with E-state index in [1.165, 1.54) is 11.3 Å². The number of piperidine rings is 1. The Kier molecular flexibility index (Phi) is 6.95. The summed E-state index contributed by atoms with van der Waals surface area (Å²) in [6.45, 7) is 5.22. The molecule has 1 saturated heterocycles. The summed E-state index contributed by atoms with van der Waals surface area (Å²) in [5.74, 6) is 1.63. The highest BCUT2D eigenvalue weighted by atomic mass is 32.1. The summed E-state index contributed by atoms with van der Waals surface area (Å²) in [6, 6.07) is 15.1. The lowest BCUT2D eigenvalue weighted by Gasteiger charge is -2.26. The Morgan fingerprint density at radius 3 is 2.56 bits per heavy atom. The summed E-state index contributed by atoms with van der Waals surface area (Å²) < 4.78 is 11.5. The van der Waals surface area contributed by atoms with Crippen LogP contribution in [-0.4, -0.2) is 36.4 Å². The highest BCUT2D eigenvalue weighted by Gasteiger charge is 2.23. The predicted molar refractivity (Wildman–Crippen MR) is 125 cm³/mol. The van der Waals surface area contributed by atoms with Gasteiger partial charge >= 0.3 is 0 Å². The maximum atomic E-state index is 13.1.